The average molecular weight is 484 g/mol. The SMILES string of the molecule is OCc1cc2cc(c1)OCc1ccc(cc1)COCc1cccc(n1)COCc1ccc(cc1)CO2. The molecular formula is C30H29NO5. The Morgan fingerprint density at radius 1 is 0.556 bits per heavy atom. The van der Waals surface area contributed by atoms with Gasteiger partial charge in [-0.25, -0.2) is 0 Å². The molecule has 0 saturated heterocycles. The maximum atomic E-state index is 9.68. The number of hydrogen-bond acceptors (Lipinski definition) is 6. The summed E-state index contributed by atoms with van der Waals surface area (Å²) in [7, 11) is 0. The third kappa shape index (κ3) is 6.70. The zero-order valence-electron chi connectivity index (χ0n) is 20.1. The van der Waals surface area contributed by atoms with Gasteiger partial charge in [-0.1, -0.05) is 54.6 Å². The molecular weight excluding hydrogens is 454 g/mol. The predicted molar refractivity (Wildman–Crippen MR) is 135 cm³/mol. The highest BCUT2D eigenvalue weighted by molar-refractivity contribution is 5.38. The second-order valence-corrected chi connectivity index (χ2v) is 8.79. The fourth-order valence-electron chi connectivity index (χ4n) is 3.92. The summed E-state index contributed by atoms with van der Waals surface area (Å²) < 4.78 is 23.8. The lowest BCUT2D eigenvalue weighted by Gasteiger charge is -2.13. The molecule has 0 spiro atoms. The molecule has 4 aliphatic heterocycles. The number of aliphatic hydroxyl groups excluding tert-OH is 1. The van der Waals surface area contributed by atoms with Gasteiger partial charge in [0.05, 0.1) is 44.4 Å². The Bertz CT molecular complexity index is 1180. The van der Waals surface area contributed by atoms with E-state index >= 15 is 0 Å². The predicted octanol–water partition coefficient (Wildman–Crippen LogP) is 5.48. The van der Waals surface area contributed by atoms with Crippen molar-refractivity contribution >= 4 is 0 Å². The van der Waals surface area contributed by atoms with Crippen molar-refractivity contribution in [1.82, 2.24) is 4.98 Å². The number of nitrogens with zero attached hydrogens (tertiary/aromatic N) is 1. The summed E-state index contributed by atoms with van der Waals surface area (Å²) in [6.07, 6.45) is 0. The van der Waals surface area contributed by atoms with E-state index in [-0.39, 0.29) is 6.61 Å². The molecule has 0 fully saturated rings. The van der Waals surface area contributed by atoms with Crippen molar-refractivity contribution in [2.45, 2.75) is 46.2 Å². The molecule has 184 valence electrons. The fourth-order valence-corrected chi connectivity index (χ4v) is 3.92. The number of ether oxygens (including phenoxy) is 4. The van der Waals surface area contributed by atoms with Crippen LogP contribution < -0.4 is 9.47 Å². The van der Waals surface area contributed by atoms with Crippen LogP contribution in [0.25, 0.3) is 0 Å². The van der Waals surface area contributed by atoms with Crippen molar-refractivity contribution in [2.75, 3.05) is 0 Å². The van der Waals surface area contributed by atoms with Crippen LogP contribution in [-0.4, -0.2) is 10.1 Å². The molecule has 5 heterocycles. The van der Waals surface area contributed by atoms with Crippen LogP contribution in [0.4, 0.5) is 0 Å². The molecule has 1 aromatic heterocycles. The number of aromatic nitrogens is 1. The first-order valence-electron chi connectivity index (χ1n) is 12.0. The van der Waals surface area contributed by atoms with Gasteiger partial charge < -0.3 is 24.1 Å². The molecule has 0 amide bonds. The summed E-state index contributed by atoms with van der Waals surface area (Å²) in [5, 5.41) is 9.68. The Morgan fingerprint density at radius 2 is 1.00 bits per heavy atom. The van der Waals surface area contributed by atoms with Crippen molar-refractivity contribution in [3.63, 3.8) is 0 Å². The normalized spacial score (nSPS) is 14.5. The molecule has 4 aliphatic rings. The van der Waals surface area contributed by atoms with Crippen molar-refractivity contribution in [2.24, 2.45) is 0 Å². The summed E-state index contributed by atoms with van der Waals surface area (Å²) in [6.45, 7) is 2.61. The zero-order valence-corrected chi connectivity index (χ0v) is 20.1. The Morgan fingerprint density at radius 3 is 1.44 bits per heavy atom. The topological polar surface area (TPSA) is 70.0 Å². The van der Waals surface area contributed by atoms with Crippen LogP contribution in [0.15, 0.2) is 84.9 Å². The number of hydrogen-bond donors (Lipinski definition) is 1. The van der Waals surface area contributed by atoms with Gasteiger partial charge in [0.1, 0.15) is 24.7 Å². The summed E-state index contributed by atoms with van der Waals surface area (Å²) in [5.74, 6) is 1.31. The summed E-state index contributed by atoms with van der Waals surface area (Å²) in [4.78, 5) is 4.65. The van der Waals surface area contributed by atoms with Crippen molar-refractivity contribution in [3.05, 3.63) is 124 Å². The second-order valence-electron chi connectivity index (χ2n) is 8.79. The molecule has 4 aromatic rings. The molecule has 0 unspecified atom stereocenters. The van der Waals surface area contributed by atoms with Crippen molar-refractivity contribution < 1.29 is 24.1 Å². The van der Waals surface area contributed by atoms with E-state index in [4.69, 9.17) is 18.9 Å². The van der Waals surface area contributed by atoms with E-state index in [1.807, 2.05) is 84.9 Å². The van der Waals surface area contributed by atoms with Crippen LogP contribution in [0.3, 0.4) is 0 Å². The Hall–Kier alpha value is -3.71. The Kier molecular flexibility index (Phi) is 7.88. The number of pyridine rings is 1. The van der Waals surface area contributed by atoms with Crippen LogP contribution in [0.2, 0.25) is 0 Å². The highest BCUT2D eigenvalue weighted by Gasteiger charge is 2.06. The van der Waals surface area contributed by atoms with Gasteiger partial charge in [-0.3, -0.25) is 4.98 Å². The quantitative estimate of drug-likeness (QED) is 0.387. The third-order valence-electron chi connectivity index (χ3n) is 5.88. The minimum absolute atomic E-state index is 0.0872. The molecule has 3 aromatic carbocycles. The summed E-state index contributed by atoms with van der Waals surface area (Å²) in [6, 6.07) is 27.7. The molecule has 0 saturated carbocycles. The van der Waals surface area contributed by atoms with E-state index in [0.29, 0.717) is 51.1 Å². The van der Waals surface area contributed by atoms with Gasteiger partial charge in [0, 0.05) is 6.07 Å². The first-order chi connectivity index (χ1) is 17.7. The van der Waals surface area contributed by atoms with Gasteiger partial charge in [-0.2, -0.15) is 0 Å². The highest BCUT2D eigenvalue weighted by Crippen LogP contribution is 2.25. The van der Waals surface area contributed by atoms with Crippen LogP contribution in [0, 0.1) is 0 Å². The smallest absolute Gasteiger partial charge is 0.123 e. The molecule has 6 nitrogen and oxygen atoms in total. The van der Waals surface area contributed by atoms with E-state index < -0.39 is 0 Å². The molecule has 6 heteroatoms. The molecule has 8 bridgehead atoms. The van der Waals surface area contributed by atoms with Crippen LogP contribution in [-0.2, 0) is 55.7 Å². The van der Waals surface area contributed by atoms with Gasteiger partial charge >= 0.3 is 0 Å². The molecule has 0 aliphatic carbocycles. The summed E-state index contributed by atoms with van der Waals surface area (Å²) in [5.41, 5.74) is 6.74. The number of aliphatic hydroxyl groups is 1. The van der Waals surface area contributed by atoms with E-state index in [2.05, 4.69) is 4.98 Å². The van der Waals surface area contributed by atoms with E-state index in [0.717, 1.165) is 39.2 Å². The Labute approximate surface area is 211 Å². The van der Waals surface area contributed by atoms with E-state index in [1.165, 1.54) is 0 Å². The van der Waals surface area contributed by atoms with Gasteiger partial charge in [-0.15, -0.1) is 0 Å². The van der Waals surface area contributed by atoms with Gasteiger partial charge in [-0.05, 0) is 52.1 Å². The third-order valence-corrected chi connectivity index (χ3v) is 5.88. The highest BCUT2D eigenvalue weighted by atomic mass is 16.5. The number of rotatable bonds is 1. The fraction of sp³-hybridized carbons (Fsp3) is 0.233. The first-order valence-corrected chi connectivity index (χ1v) is 12.0. The van der Waals surface area contributed by atoms with E-state index in [9.17, 15) is 5.11 Å². The van der Waals surface area contributed by atoms with Crippen LogP contribution >= 0.6 is 0 Å². The minimum Gasteiger partial charge on any atom is -0.489 e. The van der Waals surface area contributed by atoms with Gasteiger partial charge in [0.2, 0.25) is 0 Å². The molecule has 36 heavy (non-hydrogen) atoms. The van der Waals surface area contributed by atoms with Crippen molar-refractivity contribution in [1.29, 1.82) is 0 Å². The lowest BCUT2D eigenvalue weighted by atomic mass is 10.1. The average Bonchev–Trinajstić information content (AvgIpc) is 2.92. The van der Waals surface area contributed by atoms with Crippen LogP contribution in [0.5, 0.6) is 11.5 Å². The maximum absolute atomic E-state index is 9.68. The first kappa shape index (κ1) is 24.0. The monoisotopic (exact) mass is 483 g/mol. The standard InChI is InChI=1S/C30H29NO5/c32-15-26-12-29-14-30(13-26)36-19-25-10-6-23(7-11-25)17-34-21-28-3-1-2-27(31-28)20-33-16-22-4-8-24(9-5-22)18-35-29/h1-14,32H,15-21H2. The second kappa shape index (κ2) is 11.8. The van der Waals surface area contributed by atoms with Gasteiger partial charge in [0.15, 0.2) is 0 Å². The van der Waals surface area contributed by atoms with Crippen molar-refractivity contribution in [3.8, 4) is 11.5 Å². The molecule has 0 atom stereocenters. The summed E-state index contributed by atoms with van der Waals surface area (Å²) >= 11 is 0. The Balaban J connectivity index is 1.34. The molecule has 0 radical (unpaired) electrons. The lowest BCUT2D eigenvalue weighted by molar-refractivity contribution is 0.0980. The zero-order chi connectivity index (χ0) is 24.6. The minimum atomic E-state index is -0.0872. The molecule has 8 rings (SSSR count). The maximum Gasteiger partial charge on any atom is 0.123 e. The number of benzene rings is 3. The largest absolute Gasteiger partial charge is 0.489 e. The molecule has 1 N–H and O–H groups in total. The lowest BCUT2D eigenvalue weighted by Crippen LogP contribution is -2.02. The van der Waals surface area contributed by atoms with Crippen LogP contribution in [0.1, 0.15) is 39.2 Å². The van der Waals surface area contributed by atoms with E-state index in [1.54, 1.807) is 0 Å². The van der Waals surface area contributed by atoms with Gasteiger partial charge in [0.25, 0.3) is 0 Å².